The second-order valence-electron chi connectivity index (χ2n) is 7.50. The van der Waals surface area contributed by atoms with E-state index in [1.54, 1.807) is 6.92 Å². The summed E-state index contributed by atoms with van der Waals surface area (Å²) in [6.45, 7) is 22.1. The molecule has 0 heterocycles. The highest BCUT2D eigenvalue weighted by molar-refractivity contribution is 6.84. The molecule has 0 N–H and O–H groups in total. The summed E-state index contributed by atoms with van der Waals surface area (Å²) >= 11 is 0. The maximum Gasteiger partial charge on any atom is 0.333 e. The first-order chi connectivity index (χ1) is 7.83. The average Bonchev–Trinajstić information content (AvgIpc) is 2.13. The van der Waals surface area contributed by atoms with Gasteiger partial charge in [0.2, 0.25) is 0 Å². The maximum absolute atomic E-state index is 11.4. The third-order valence-electron chi connectivity index (χ3n) is 4.49. The third kappa shape index (κ3) is 3.97. The Balaban J connectivity index is 4.77. The second-order valence-corrected chi connectivity index (χ2v) is 13.7. The predicted octanol–water partition coefficient (Wildman–Crippen LogP) is 4.78. The molecule has 106 valence electrons. The van der Waals surface area contributed by atoms with Gasteiger partial charge in [-0.15, -0.1) is 0 Å². The molecule has 18 heavy (non-hydrogen) atoms. The van der Waals surface area contributed by atoms with Gasteiger partial charge in [0.1, 0.15) is 0 Å². The van der Waals surface area contributed by atoms with E-state index in [-0.39, 0.29) is 5.97 Å². The lowest BCUT2D eigenvalue weighted by Gasteiger charge is -2.49. The lowest BCUT2D eigenvalue weighted by atomic mass is 10.2. The van der Waals surface area contributed by atoms with Gasteiger partial charge in [0.05, 0.1) is 14.7 Å². The SMILES string of the molecule is C=C(C)C(=O)OCC[Si](C)(C(C)(C)C)C(C)(C)C. The van der Waals surface area contributed by atoms with E-state index in [0.717, 1.165) is 6.04 Å². The van der Waals surface area contributed by atoms with Crippen molar-refractivity contribution in [1.82, 2.24) is 0 Å². The van der Waals surface area contributed by atoms with Crippen LogP contribution in [0.15, 0.2) is 12.2 Å². The van der Waals surface area contributed by atoms with Crippen LogP contribution in [0.1, 0.15) is 48.5 Å². The van der Waals surface area contributed by atoms with Crippen molar-refractivity contribution in [2.45, 2.75) is 71.1 Å². The Morgan fingerprint density at radius 3 is 1.78 bits per heavy atom. The molecule has 0 radical (unpaired) electrons. The van der Waals surface area contributed by atoms with Gasteiger partial charge in [0, 0.05) is 5.57 Å². The molecule has 0 saturated heterocycles. The fraction of sp³-hybridized carbons (Fsp3) is 0.800. The zero-order valence-electron chi connectivity index (χ0n) is 13.4. The first-order valence-corrected chi connectivity index (χ1v) is 9.36. The van der Waals surface area contributed by atoms with E-state index >= 15 is 0 Å². The fourth-order valence-corrected chi connectivity index (χ4v) is 6.61. The van der Waals surface area contributed by atoms with Gasteiger partial charge >= 0.3 is 5.97 Å². The molecule has 0 aromatic heterocycles. The average molecular weight is 270 g/mol. The molecule has 3 heteroatoms. The van der Waals surface area contributed by atoms with E-state index in [1.165, 1.54) is 0 Å². The molecule has 0 aliphatic heterocycles. The minimum Gasteiger partial charge on any atom is -0.463 e. The highest BCUT2D eigenvalue weighted by atomic mass is 28.3. The first-order valence-electron chi connectivity index (χ1n) is 6.65. The molecule has 0 rings (SSSR count). The molecule has 0 bridgehead atoms. The quantitative estimate of drug-likeness (QED) is 0.417. The monoisotopic (exact) mass is 270 g/mol. The van der Waals surface area contributed by atoms with E-state index < -0.39 is 8.07 Å². The Labute approximate surface area is 114 Å². The van der Waals surface area contributed by atoms with Crippen molar-refractivity contribution in [3.63, 3.8) is 0 Å². The summed E-state index contributed by atoms with van der Waals surface area (Å²) in [5, 5.41) is 0.585. The molecule has 0 unspecified atom stereocenters. The van der Waals surface area contributed by atoms with Crippen molar-refractivity contribution in [2.75, 3.05) is 6.61 Å². The van der Waals surface area contributed by atoms with E-state index in [0.29, 0.717) is 22.3 Å². The number of rotatable bonds is 4. The summed E-state index contributed by atoms with van der Waals surface area (Å²) in [7, 11) is -1.56. The van der Waals surface area contributed by atoms with Gasteiger partial charge < -0.3 is 4.74 Å². The molecule has 0 aliphatic rings. The highest BCUT2D eigenvalue weighted by Gasteiger charge is 2.48. The van der Waals surface area contributed by atoms with Crippen molar-refractivity contribution >= 4 is 14.0 Å². The number of carbonyl (C=O) groups is 1. The van der Waals surface area contributed by atoms with Crippen molar-refractivity contribution < 1.29 is 9.53 Å². The van der Waals surface area contributed by atoms with Crippen molar-refractivity contribution in [1.29, 1.82) is 0 Å². The first kappa shape index (κ1) is 17.4. The van der Waals surface area contributed by atoms with Crippen LogP contribution in [-0.4, -0.2) is 20.7 Å². The highest BCUT2D eigenvalue weighted by Crippen LogP contribution is 2.52. The Bertz CT molecular complexity index is 304. The zero-order valence-corrected chi connectivity index (χ0v) is 14.4. The van der Waals surface area contributed by atoms with Gasteiger partial charge in [0.25, 0.3) is 0 Å². The molecule has 0 spiro atoms. The smallest absolute Gasteiger partial charge is 0.333 e. The summed E-state index contributed by atoms with van der Waals surface area (Å²) in [5.74, 6) is -0.269. The van der Waals surface area contributed by atoms with Crippen LogP contribution >= 0.6 is 0 Å². The van der Waals surface area contributed by atoms with Crippen LogP contribution < -0.4 is 0 Å². The molecule has 0 fully saturated rings. The molecular formula is C15H30O2Si. The maximum atomic E-state index is 11.4. The van der Waals surface area contributed by atoms with Crippen LogP contribution in [0.25, 0.3) is 0 Å². The van der Waals surface area contributed by atoms with Gasteiger partial charge in [-0.1, -0.05) is 54.7 Å². The van der Waals surface area contributed by atoms with Crippen LogP contribution in [0.2, 0.25) is 22.7 Å². The molecule has 0 atom stereocenters. The standard InChI is InChI=1S/C15H30O2Si/c1-12(2)13(16)17-10-11-18(9,14(3,4)5)15(6,7)8/h1,10-11H2,2-9H3. The summed E-state index contributed by atoms with van der Waals surface area (Å²) in [6.07, 6.45) is 0. The van der Waals surface area contributed by atoms with Gasteiger partial charge in [0.15, 0.2) is 0 Å². The minimum atomic E-state index is -1.56. The largest absolute Gasteiger partial charge is 0.463 e. The van der Waals surface area contributed by atoms with Gasteiger partial charge in [-0.3, -0.25) is 0 Å². The second kappa shape index (κ2) is 5.60. The lowest BCUT2D eigenvalue weighted by molar-refractivity contribution is -0.138. The number of carbonyl (C=O) groups excluding carboxylic acids is 1. The molecular weight excluding hydrogens is 240 g/mol. The van der Waals surface area contributed by atoms with Crippen LogP contribution in [0.4, 0.5) is 0 Å². The van der Waals surface area contributed by atoms with Crippen molar-refractivity contribution in [3.05, 3.63) is 12.2 Å². The van der Waals surface area contributed by atoms with E-state index in [2.05, 4.69) is 54.7 Å². The molecule has 2 nitrogen and oxygen atoms in total. The van der Waals surface area contributed by atoms with E-state index in [1.807, 2.05) is 0 Å². The molecule has 0 amide bonds. The van der Waals surface area contributed by atoms with Crippen LogP contribution in [0.5, 0.6) is 0 Å². The Hall–Kier alpha value is -0.573. The Morgan fingerprint density at radius 1 is 1.11 bits per heavy atom. The van der Waals surface area contributed by atoms with Gasteiger partial charge in [-0.25, -0.2) is 4.79 Å². The summed E-state index contributed by atoms with van der Waals surface area (Å²) < 4.78 is 5.29. The summed E-state index contributed by atoms with van der Waals surface area (Å²) in [6, 6.07) is 0.999. The number of hydrogen-bond donors (Lipinski definition) is 0. The fourth-order valence-electron chi connectivity index (χ4n) is 2.35. The normalized spacial score (nSPS) is 13.3. The summed E-state index contributed by atoms with van der Waals surface area (Å²) in [5.41, 5.74) is 0.477. The van der Waals surface area contributed by atoms with Crippen molar-refractivity contribution in [2.24, 2.45) is 0 Å². The Kier molecular flexibility index (Phi) is 5.42. The van der Waals surface area contributed by atoms with E-state index in [4.69, 9.17) is 4.74 Å². The van der Waals surface area contributed by atoms with Crippen LogP contribution in [0.3, 0.4) is 0 Å². The predicted molar refractivity (Wildman–Crippen MR) is 81.6 cm³/mol. The van der Waals surface area contributed by atoms with Gasteiger partial charge in [-0.2, -0.15) is 0 Å². The topological polar surface area (TPSA) is 26.3 Å². The summed E-state index contributed by atoms with van der Waals surface area (Å²) in [4.78, 5) is 11.4. The number of ether oxygens (including phenoxy) is 1. The van der Waals surface area contributed by atoms with Crippen LogP contribution in [-0.2, 0) is 9.53 Å². The molecule has 0 saturated carbocycles. The van der Waals surface area contributed by atoms with Crippen molar-refractivity contribution in [3.8, 4) is 0 Å². The molecule has 0 aliphatic carbocycles. The third-order valence-corrected chi connectivity index (χ3v) is 12.3. The molecule has 0 aromatic rings. The Morgan fingerprint density at radius 2 is 1.50 bits per heavy atom. The minimum absolute atomic E-state index is 0.269. The molecule has 0 aromatic carbocycles. The number of esters is 1. The van der Waals surface area contributed by atoms with Gasteiger partial charge in [-0.05, 0) is 23.0 Å². The zero-order chi connectivity index (χ0) is 14.8. The number of hydrogen-bond acceptors (Lipinski definition) is 2. The van der Waals surface area contributed by atoms with Crippen LogP contribution in [0, 0.1) is 0 Å². The van der Waals surface area contributed by atoms with E-state index in [9.17, 15) is 4.79 Å². The lowest BCUT2D eigenvalue weighted by Crippen LogP contribution is -2.49.